The Hall–Kier alpha value is -3.15. The van der Waals surface area contributed by atoms with Crippen molar-refractivity contribution in [2.24, 2.45) is 0 Å². The van der Waals surface area contributed by atoms with Crippen molar-refractivity contribution in [3.63, 3.8) is 0 Å². The van der Waals surface area contributed by atoms with Gasteiger partial charge < -0.3 is 9.47 Å². The van der Waals surface area contributed by atoms with E-state index in [4.69, 9.17) is 9.47 Å². The molecule has 0 radical (unpaired) electrons. The van der Waals surface area contributed by atoms with Crippen LogP contribution in [0.25, 0.3) is 0 Å². The minimum atomic E-state index is -0.863. The number of rotatable bonds is 5. The summed E-state index contributed by atoms with van der Waals surface area (Å²) in [5, 5.41) is 0. The predicted molar refractivity (Wildman–Crippen MR) is 94.5 cm³/mol. The largest absolute Gasteiger partial charge is 0.493 e. The number of hydrogen-bond acceptors (Lipinski definition) is 5. The summed E-state index contributed by atoms with van der Waals surface area (Å²) in [6.45, 7) is 3.41. The topological polar surface area (TPSA) is 72.9 Å². The molecule has 1 aliphatic rings. The maximum absolute atomic E-state index is 12.8. The number of hydrogen-bond donors (Lipinski definition) is 0. The molecule has 0 saturated heterocycles. The number of amides is 2. The summed E-state index contributed by atoms with van der Waals surface area (Å²) in [6.07, 6.45) is -0.863. The van der Waals surface area contributed by atoms with Gasteiger partial charge in [0.25, 0.3) is 11.8 Å². The number of benzene rings is 2. The summed E-state index contributed by atoms with van der Waals surface area (Å²) in [6, 6.07) is 13.4. The summed E-state index contributed by atoms with van der Waals surface area (Å²) in [5.74, 6) is -0.699. The van der Waals surface area contributed by atoms with Gasteiger partial charge in [0.15, 0.2) is 11.9 Å². The molecule has 1 heterocycles. The molecule has 134 valence electrons. The molecule has 2 aromatic carbocycles. The van der Waals surface area contributed by atoms with E-state index in [-0.39, 0.29) is 17.9 Å². The van der Waals surface area contributed by atoms with Crippen LogP contribution in [0.5, 0.6) is 11.5 Å². The van der Waals surface area contributed by atoms with Crippen LogP contribution < -0.4 is 9.47 Å². The van der Waals surface area contributed by atoms with Crippen molar-refractivity contribution in [3.05, 3.63) is 59.7 Å². The van der Waals surface area contributed by atoms with E-state index in [1.54, 1.807) is 55.5 Å². The molecule has 1 atom stereocenters. The Labute approximate surface area is 151 Å². The van der Waals surface area contributed by atoms with Crippen LogP contribution in [0.2, 0.25) is 0 Å². The van der Waals surface area contributed by atoms with E-state index in [0.29, 0.717) is 23.7 Å². The number of imide groups is 1. The van der Waals surface area contributed by atoms with E-state index >= 15 is 0 Å². The lowest BCUT2D eigenvalue weighted by Crippen LogP contribution is -2.44. The highest BCUT2D eigenvalue weighted by Gasteiger charge is 2.35. The quantitative estimate of drug-likeness (QED) is 0.610. The summed E-state index contributed by atoms with van der Waals surface area (Å²) in [4.78, 5) is 39.1. The lowest BCUT2D eigenvalue weighted by Gasteiger charge is -2.20. The van der Waals surface area contributed by atoms with Crippen LogP contribution in [0.15, 0.2) is 48.5 Å². The summed E-state index contributed by atoms with van der Waals surface area (Å²) in [7, 11) is 0. The molecule has 0 spiro atoms. The zero-order chi connectivity index (χ0) is 18.7. The molecule has 0 N–H and O–H groups in total. The van der Waals surface area contributed by atoms with Crippen LogP contribution in [0.1, 0.15) is 34.6 Å². The SMILES string of the molecule is CCOc1ccccc1C(=O)CN1C(=O)c2ccccc2O[C@@H](C)C1=O. The van der Waals surface area contributed by atoms with Crippen molar-refractivity contribution in [2.75, 3.05) is 13.2 Å². The molecule has 0 bridgehead atoms. The number of carbonyl (C=O) groups excluding carboxylic acids is 3. The van der Waals surface area contributed by atoms with Crippen LogP contribution in [0.3, 0.4) is 0 Å². The molecule has 0 saturated carbocycles. The minimum absolute atomic E-state index is 0.260. The van der Waals surface area contributed by atoms with Crippen LogP contribution in [-0.4, -0.2) is 41.8 Å². The van der Waals surface area contributed by atoms with Gasteiger partial charge in [0.05, 0.1) is 24.3 Å². The highest BCUT2D eigenvalue weighted by atomic mass is 16.5. The molecule has 1 aliphatic heterocycles. The zero-order valence-corrected chi connectivity index (χ0v) is 14.6. The minimum Gasteiger partial charge on any atom is -0.493 e. The number of ether oxygens (including phenoxy) is 2. The molecule has 2 amide bonds. The average Bonchev–Trinajstić information content (AvgIpc) is 2.73. The van der Waals surface area contributed by atoms with Crippen LogP contribution in [0, 0.1) is 0 Å². The molecule has 6 heteroatoms. The molecular weight excluding hydrogens is 334 g/mol. The maximum atomic E-state index is 12.8. The second-order valence-corrected chi connectivity index (χ2v) is 5.84. The van der Waals surface area contributed by atoms with Gasteiger partial charge in [-0.25, -0.2) is 0 Å². The van der Waals surface area contributed by atoms with Crippen molar-refractivity contribution in [1.82, 2.24) is 4.90 Å². The standard InChI is InChI=1S/C20H19NO5/c1-3-25-17-10-6-4-8-14(17)16(22)12-21-19(23)13(2)26-18-11-7-5-9-15(18)20(21)24/h4-11,13H,3,12H2,1-2H3/t13-/m0/s1. The fourth-order valence-electron chi connectivity index (χ4n) is 2.81. The Kier molecular flexibility index (Phi) is 5.02. The maximum Gasteiger partial charge on any atom is 0.270 e. The van der Waals surface area contributed by atoms with Crippen molar-refractivity contribution < 1.29 is 23.9 Å². The highest BCUT2D eigenvalue weighted by Crippen LogP contribution is 2.26. The van der Waals surface area contributed by atoms with E-state index in [1.807, 2.05) is 6.92 Å². The molecule has 0 aliphatic carbocycles. The molecule has 2 aromatic rings. The number of nitrogens with zero attached hydrogens (tertiary/aromatic N) is 1. The third kappa shape index (κ3) is 3.31. The first-order valence-electron chi connectivity index (χ1n) is 8.39. The number of carbonyl (C=O) groups is 3. The first-order chi connectivity index (χ1) is 12.5. The first kappa shape index (κ1) is 17.7. The highest BCUT2D eigenvalue weighted by molar-refractivity contribution is 6.12. The second kappa shape index (κ2) is 7.39. The molecule has 3 rings (SSSR count). The number of Topliss-reactive ketones (excluding diaryl/α,β-unsaturated/α-hetero) is 1. The Morgan fingerprint density at radius 2 is 1.81 bits per heavy atom. The number of para-hydroxylation sites is 2. The van der Waals surface area contributed by atoms with E-state index in [1.165, 1.54) is 0 Å². The smallest absolute Gasteiger partial charge is 0.270 e. The molecular formula is C20H19NO5. The Morgan fingerprint density at radius 3 is 2.58 bits per heavy atom. The van der Waals surface area contributed by atoms with Crippen molar-refractivity contribution in [2.45, 2.75) is 20.0 Å². The zero-order valence-electron chi connectivity index (χ0n) is 14.6. The van der Waals surface area contributed by atoms with Gasteiger partial charge in [-0.3, -0.25) is 19.3 Å². The summed E-state index contributed by atoms with van der Waals surface area (Å²) >= 11 is 0. The van der Waals surface area contributed by atoms with Gasteiger partial charge in [0, 0.05) is 0 Å². The molecule has 0 unspecified atom stereocenters. The molecule has 0 fully saturated rings. The molecule has 6 nitrogen and oxygen atoms in total. The Bertz CT molecular complexity index is 861. The monoisotopic (exact) mass is 353 g/mol. The fraction of sp³-hybridized carbons (Fsp3) is 0.250. The van der Waals surface area contributed by atoms with E-state index in [2.05, 4.69) is 0 Å². The Balaban J connectivity index is 1.92. The van der Waals surface area contributed by atoms with Gasteiger partial charge in [0.2, 0.25) is 0 Å². The van der Waals surface area contributed by atoms with Crippen molar-refractivity contribution in [1.29, 1.82) is 0 Å². The molecule has 0 aromatic heterocycles. The average molecular weight is 353 g/mol. The Morgan fingerprint density at radius 1 is 1.12 bits per heavy atom. The van der Waals surface area contributed by atoms with Gasteiger partial charge >= 0.3 is 0 Å². The van der Waals surface area contributed by atoms with Crippen molar-refractivity contribution >= 4 is 17.6 Å². The molecule has 26 heavy (non-hydrogen) atoms. The van der Waals surface area contributed by atoms with E-state index in [0.717, 1.165) is 4.90 Å². The third-order valence-electron chi connectivity index (χ3n) is 4.07. The summed E-state index contributed by atoms with van der Waals surface area (Å²) in [5.41, 5.74) is 0.595. The number of ketones is 1. The van der Waals surface area contributed by atoms with E-state index in [9.17, 15) is 14.4 Å². The lowest BCUT2D eigenvalue weighted by molar-refractivity contribution is -0.134. The van der Waals surface area contributed by atoms with Gasteiger partial charge in [-0.2, -0.15) is 0 Å². The van der Waals surface area contributed by atoms with Gasteiger partial charge in [-0.15, -0.1) is 0 Å². The second-order valence-electron chi connectivity index (χ2n) is 5.84. The number of fused-ring (bicyclic) bond motifs is 1. The van der Waals surface area contributed by atoms with Crippen molar-refractivity contribution in [3.8, 4) is 11.5 Å². The van der Waals surface area contributed by atoms with Crippen LogP contribution in [0.4, 0.5) is 0 Å². The normalized spacial score (nSPS) is 16.5. The summed E-state index contributed by atoms with van der Waals surface area (Å²) < 4.78 is 11.0. The van der Waals surface area contributed by atoms with E-state index < -0.39 is 17.9 Å². The van der Waals surface area contributed by atoms with Crippen LogP contribution >= 0.6 is 0 Å². The van der Waals surface area contributed by atoms with Crippen LogP contribution in [-0.2, 0) is 4.79 Å². The van der Waals surface area contributed by atoms with Gasteiger partial charge in [-0.1, -0.05) is 24.3 Å². The fourth-order valence-corrected chi connectivity index (χ4v) is 2.81. The van der Waals surface area contributed by atoms with Gasteiger partial charge in [-0.05, 0) is 38.1 Å². The third-order valence-corrected chi connectivity index (χ3v) is 4.07. The predicted octanol–water partition coefficient (Wildman–Crippen LogP) is 2.72. The first-order valence-corrected chi connectivity index (χ1v) is 8.39. The lowest BCUT2D eigenvalue weighted by atomic mass is 10.1. The van der Waals surface area contributed by atoms with Gasteiger partial charge in [0.1, 0.15) is 11.5 Å².